The highest BCUT2D eigenvalue weighted by Gasteiger charge is 2.35. The molecule has 1 aliphatic heterocycles. The van der Waals surface area contributed by atoms with Crippen molar-refractivity contribution in [1.29, 1.82) is 0 Å². The van der Waals surface area contributed by atoms with Gasteiger partial charge in [0.25, 0.3) is 0 Å². The Labute approximate surface area is 123 Å². The van der Waals surface area contributed by atoms with Gasteiger partial charge < -0.3 is 10.5 Å². The summed E-state index contributed by atoms with van der Waals surface area (Å²) in [4.78, 5) is 0. The van der Waals surface area contributed by atoms with E-state index in [-0.39, 0.29) is 0 Å². The number of hydrogen-bond acceptors (Lipinski definition) is 3. The van der Waals surface area contributed by atoms with Crippen molar-refractivity contribution in [2.45, 2.75) is 25.3 Å². The maximum atomic E-state index is 6.67. The molecule has 2 aromatic rings. The van der Waals surface area contributed by atoms with Gasteiger partial charge in [-0.2, -0.15) is 5.10 Å². The lowest BCUT2D eigenvalue weighted by Crippen LogP contribution is -2.43. The number of hydrogen-bond donors (Lipinski definition) is 1. The maximum absolute atomic E-state index is 6.67. The van der Waals surface area contributed by atoms with Crippen LogP contribution in [0.1, 0.15) is 23.2 Å². The average molecular weight is 292 g/mol. The normalized spacial score (nSPS) is 21.4. The van der Waals surface area contributed by atoms with Crippen LogP contribution in [0.25, 0.3) is 0 Å². The van der Waals surface area contributed by atoms with E-state index in [0.29, 0.717) is 18.2 Å². The van der Waals surface area contributed by atoms with Gasteiger partial charge in [-0.15, -0.1) is 0 Å². The fourth-order valence-corrected chi connectivity index (χ4v) is 3.10. The van der Waals surface area contributed by atoms with Gasteiger partial charge >= 0.3 is 0 Å². The predicted octanol–water partition coefficient (Wildman–Crippen LogP) is 2.56. The van der Waals surface area contributed by atoms with Crippen LogP contribution in [0.3, 0.4) is 0 Å². The van der Waals surface area contributed by atoms with Crippen molar-refractivity contribution in [3.63, 3.8) is 0 Å². The molecule has 106 valence electrons. The van der Waals surface area contributed by atoms with Crippen LogP contribution in [0.4, 0.5) is 0 Å². The number of nitrogens with two attached hydrogens (primary N) is 1. The summed E-state index contributed by atoms with van der Waals surface area (Å²) >= 11 is 6.34. The molecule has 1 atom stereocenters. The quantitative estimate of drug-likeness (QED) is 0.925. The molecule has 0 aliphatic carbocycles. The van der Waals surface area contributed by atoms with Crippen LogP contribution in [0.2, 0.25) is 5.15 Å². The van der Waals surface area contributed by atoms with E-state index in [1.165, 1.54) is 0 Å². The van der Waals surface area contributed by atoms with E-state index in [1.54, 1.807) is 4.68 Å². The molecule has 2 N–H and O–H groups in total. The first-order valence-corrected chi connectivity index (χ1v) is 7.08. The molecule has 1 aliphatic rings. The van der Waals surface area contributed by atoms with Crippen molar-refractivity contribution in [3.8, 4) is 5.75 Å². The highest BCUT2D eigenvalue weighted by molar-refractivity contribution is 6.30. The molecule has 0 spiro atoms. The number of para-hydroxylation sites is 1. The Kier molecular flexibility index (Phi) is 3.22. The molecule has 0 amide bonds. The van der Waals surface area contributed by atoms with E-state index >= 15 is 0 Å². The molecule has 0 radical (unpaired) electrons. The predicted molar refractivity (Wildman–Crippen MR) is 79.1 cm³/mol. The third-order valence-electron chi connectivity index (χ3n) is 3.99. The molecule has 3 rings (SSSR count). The highest BCUT2D eigenvalue weighted by atomic mass is 35.5. The molecule has 1 aromatic heterocycles. The van der Waals surface area contributed by atoms with Gasteiger partial charge in [0.1, 0.15) is 10.9 Å². The van der Waals surface area contributed by atoms with E-state index in [0.717, 1.165) is 29.0 Å². The third kappa shape index (κ3) is 2.09. The van der Waals surface area contributed by atoms with Gasteiger partial charge in [-0.05, 0) is 19.4 Å². The summed E-state index contributed by atoms with van der Waals surface area (Å²) in [7, 11) is 1.85. The first-order valence-electron chi connectivity index (χ1n) is 6.70. The van der Waals surface area contributed by atoms with Crippen LogP contribution in [0.15, 0.2) is 24.3 Å². The molecule has 1 aromatic carbocycles. The minimum atomic E-state index is -0.452. The Morgan fingerprint density at radius 2 is 2.20 bits per heavy atom. The number of benzene rings is 1. The number of nitrogens with zero attached hydrogens (tertiary/aromatic N) is 2. The van der Waals surface area contributed by atoms with Gasteiger partial charge in [-0.1, -0.05) is 29.8 Å². The fourth-order valence-electron chi connectivity index (χ4n) is 2.86. The van der Waals surface area contributed by atoms with E-state index in [2.05, 4.69) is 5.10 Å². The lowest BCUT2D eigenvalue weighted by molar-refractivity contribution is 0.215. The average Bonchev–Trinajstić information content (AvgIpc) is 2.66. The van der Waals surface area contributed by atoms with Crippen LogP contribution < -0.4 is 10.5 Å². The fraction of sp³-hybridized carbons (Fsp3) is 0.400. The molecule has 0 saturated heterocycles. The Balaban J connectivity index is 2.02. The lowest BCUT2D eigenvalue weighted by atomic mass is 9.80. The highest BCUT2D eigenvalue weighted by Crippen LogP contribution is 2.38. The molecule has 0 bridgehead atoms. The Bertz CT molecular complexity index is 653. The van der Waals surface area contributed by atoms with Crippen LogP contribution in [-0.4, -0.2) is 16.4 Å². The Morgan fingerprint density at radius 1 is 1.45 bits per heavy atom. The minimum Gasteiger partial charge on any atom is -0.493 e. The Hall–Kier alpha value is -1.52. The van der Waals surface area contributed by atoms with Crippen molar-refractivity contribution in [2.75, 3.05) is 6.61 Å². The zero-order valence-electron chi connectivity index (χ0n) is 11.7. The van der Waals surface area contributed by atoms with Crippen LogP contribution in [0.5, 0.6) is 5.75 Å². The summed E-state index contributed by atoms with van der Waals surface area (Å²) in [5.74, 6) is 0.874. The van der Waals surface area contributed by atoms with Crippen LogP contribution in [0, 0.1) is 6.92 Å². The second-order valence-electron chi connectivity index (χ2n) is 5.41. The van der Waals surface area contributed by atoms with Crippen molar-refractivity contribution in [1.82, 2.24) is 9.78 Å². The minimum absolute atomic E-state index is 0.452. The van der Waals surface area contributed by atoms with Gasteiger partial charge in [0, 0.05) is 24.6 Å². The zero-order valence-corrected chi connectivity index (χ0v) is 12.4. The monoisotopic (exact) mass is 291 g/mol. The Morgan fingerprint density at radius 3 is 2.90 bits per heavy atom. The van der Waals surface area contributed by atoms with Crippen molar-refractivity contribution >= 4 is 11.6 Å². The molecule has 2 heterocycles. The number of halogens is 1. The van der Waals surface area contributed by atoms with Crippen molar-refractivity contribution in [3.05, 3.63) is 46.2 Å². The SMILES string of the molecule is Cc1nn(C)c(Cl)c1CC1(N)CCOc2ccccc21. The first kappa shape index (κ1) is 13.5. The number of ether oxygens (including phenoxy) is 1. The van der Waals surface area contributed by atoms with Gasteiger partial charge in [-0.25, -0.2) is 0 Å². The maximum Gasteiger partial charge on any atom is 0.130 e. The second-order valence-corrected chi connectivity index (χ2v) is 5.76. The van der Waals surface area contributed by atoms with E-state index < -0.39 is 5.54 Å². The smallest absolute Gasteiger partial charge is 0.130 e. The van der Waals surface area contributed by atoms with Gasteiger partial charge in [0.2, 0.25) is 0 Å². The second kappa shape index (κ2) is 4.79. The number of fused-ring (bicyclic) bond motifs is 1. The number of aromatic nitrogens is 2. The molecule has 5 heteroatoms. The molecule has 0 saturated carbocycles. The van der Waals surface area contributed by atoms with Gasteiger partial charge in [0.15, 0.2) is 0 Å². The largest absolute Gasteiger partial charge is 0.493 e. The molecule has 4 nitrogen and oxygen atoms in total. The molecular weight excluding hydrogens is 274 g/mol. The van der Waals surface area contributed by atoms with E-state index in [1.807, 2.05) is 38.2 Å². The van der Waals surface area contributed by atoms with E-state index in [4.69, 9.17) is 22.1 Å². The topological polar surface area (TPSA) is 53.1 Å². The third-order valence-corrected chi connectivity index (χ3v) is 4.46. The summed E-state index contributed by atoms with van der Waals surface area (Å²) in [5.41, 5.74) is 9.23. The summed E-state index contributed by atoms with van der Waals surface area (Å²) in [6, 6.07) is 7.96. The lowest BCUT2D eigenvalue weighted by Gasteiger charge is -2.35. The van der Waals surface area contributed by atoms with Crippen molar-refractivity contribution in [2.24, 2.45) is 12.8 Å². The first-order chi connectivity index (χ1) is 9.51. The standard InChI is InChI=1S/C15H18ClN3O/c1-10-11(14(16)19(2)18-10)9-15(17)7-8-20-13-6-4-3-5-12(13)15/h3-6H,7-9,17H2,1-2H3. The molecule has 0 fully saturated rings. The summed E-state index contributed by atoms with van der Waals surface area (Å²) in [6.45, 7) is 2.60. The van der Waals surface area contributed by atoms with Gasteiger partial charge in [0.05, 0.1) is 17.8 Å². The van der Waals surface area contributed by atoms with Gasteiger partial charge in [-0.3, -0.25) is 4.68 Å². The molecule has 1 unspecified atom stereocenters. The molecule has 20 heavy (non-hydrogen) atoms. The van der Waals surface area contributed by atoms with Crippen LogP contribution in [-0.2, 0) is 19.0 Å². The van der Waals surface area contributed by atoms with Crippen molar-refractivity contribution < 1.29 is 4.74 Å². The number of rotatable bonds is 2. The van der Waals surface area contributed by atoms with E-state index in [9.17, 15) is 0 Å². The summed E-state index contributed by atoms with van der Waals surface area (Å²) in [6.07, 6.45) is 1.44. The summed E-state index contributed by atoms with van der Waals surface area (Å²) < 4.78 is 7.38. The molecular formula is C15H18ClN3O. The van der Waals surface area contributed by atoms with Crippen LogP contribution >= 0.6 is 11.6 Å². The number of aryl methyl sites for hydroxylation is 2. The zero-order chi connectivity index (χ0) is 14.3. The summed E-state index contributed by atoms with van der Waals surface area (Å²) in [5, 5.41) is 5.02.